The van der Waals surface area contributed by atoms with Gasteiger partial charge in [0.25, 0.3) is 0 Å². The van der Waals surface area contributed by atoms with E-state index in [1.807, 2.05) is 0 Å². The second-order valence-corrected chi connectivity index (χ2v) is 4.46. The molecule has 1 N–H and O–H groups in total. The number of rotatable bonds is 5. The molecule has 0 atom stereocenters. The molecule has 1 fully saturated rings. The zero-order valence-electron chi connectivity index (χ0n) is 10.6. The predicted molar refractivity (Wildman–Crippen MR) is 69.9 cm³/mol. The number of pyridine rings is 1. The van der Waals surface area contributed by atoms with Crippen molar-refractivity contribution in [1.82, 2.24) is 4.98 Å². The van der Waals surface area contributed by atoms with Gasteiger partial charge in [-0.2, -0.15) is 0 Å². The van der Waals surface area contributed by atoms with Crippen molar-refractivity contribution in [3.63, 3.8) is 0 Å². The number of aromatic nitrogens is 1. The molecule has 1 saturated heterocycles. The summed E-state index contributed by atoms with van der Waals surface area (Å²) in [5.41, 5.74) is 0.598. The number of nitrogens with zero attached hydrogens (tertiary/aromatic N) is 1. The van der Waals surface area contributed by atoms with Crippen LogP contribution in [0.25, 0.3) is 6.08 Å². The Labute approximate surface area is 111 Å². The molecular weight excluding hydrogens is 246 g/mol. The summed E-state index contributed by atoms with van der Waals surface area (Å²) in [6.45, 7) is 2.30. The lowest BCUT2D eigenvalue weighted by atomic mass is 10.0. The molecule has 0 spiro atoms. The molecule has 19 heavy (non-hydrogen) atoms. The topological polar surface area (TPSA) is 68.7 Å². The molecule has 0 saturated carbocycles. The van der Waals surface area contributed by atoms with Gasteiger partial charge in [0, 0.05) is 19.3 Å². The lowest BCUT2D eigenvalue weighted by molar-refractivity contribution is -0.131. The van der Waals surface area contributed by atoms with Crippen molar-refractivity contribution in [3.05, 3.63) is 30.1 Å². The van der Waals surface area contributed by atoms with Crippen LogP contribution in [0.1, 0.15) is 18.5 Å². The normalized spacial score (nSPS) is 16.6. The molecule has 1 aliphatic rings. The molecule has 1 aliphatic heterocycles. The fraction of sp³-hybridized carbons (Fsp3) is 0.429. The van der Waals surface area contributed by atoms with E-state index in [1.54, 1.807) is 18.3 Å². The number of carbonyl (C=O) groups is 1. The van der Waals surface area contributed by atoms with E-state index >= 15 is 0 Å². The Morgan fingerprint density at radius 3 is 2.89 bits per heavy atom. The first-order valence-electron chi connectivity index (χ1n) is 6.31. The van der Waals surface area contributed by atoms with E-state index in [4.69, 9.17) is 14.6 Å². The minimum Gasteiger partial charge on any atom is -0.492 e. The van der Waals surface area contributed by atoms with Crippen LogP contribution in [0.4, 0.5) is 0 Å². The van der Waals surface area contributed by atoms with Gasteiger partial charge < -0.3 is 14.6 Å². The van der Waals surface area contributed by atoms with Crippen LogP contribution in [0.15, 0.2) is 24.4 Å². The molecule has 0 aliphatic carbocycles. The van der Waals surface area contributed by atoms with Crippen molar-refractivity contribution in [2.45, 2.75) is 12.8 Å². The standard InChI is InChI=1S/C14H17NO4/c16-14(17)4-2-12-1-3-13(9-15-12)19-10-11-5-7-18-8-6-11/h1-4,9,11H,5-8,10H2,(H,16,17). The molecule has 2 heterocycles. The lowest BCUT2D eigenvalue weighted by Gasteiger charge is -2.21. The first-order valence-corrected chi connectivity index (χ1v) is 6.31. The van der Waals surface area contributed by atoms with Gasteiger partial charge in [-0.05, 0) is 37.0 Å². The zero-order chi connectivity index (χ0) is 13.5. The molecular formula is C14H17NO4. The fourth-order valence-corrected chi connectivity index (χ4v) is 1.86. The lowest BCUT2D eigenvalue weighted by Crippen LogP contribution is -2.21. The molecule has 1 aromatic rings. The van der Waals surface area contributed by atoms with Crippen LogP contribution >= 0.6 is 0 Å². The summed E-state index contributed by atoms with van der Waals surface area (Å²) in [5, 5.41) is 8.51. The molecule has 0 bridgehead atoms. The molecule has 2 rings (SSSR count). The molecule has 0 amide bonds. The average molecular weight is 263 g/mol. The Hall–Kier alpha value is -1.88. The van der Waals surface area contributed by atoms with E-state index in [0.29, 0.717) is 24.0 Å². The van der Waals surface area contributed by atoms with E-state index in [1.165, 1.54) is 6.08 Å². The third-order valence-electron chi connectivity index (χ3n) is 2.98. The first kappa shape index (κ1) is 13.5. The highest BCUT2D eigenvalue weighted by Crippen LogP contribution is 2.17. The van der Waals surface area contributed by atoms with Crippen molar-refractivity contribution in [1.29, 1.82) is 0 Å². The molecule has 0 unspecified atom stereocenters. The Morgan fingerprint density at radius 2 is 2.26 bits per heavy atom. The van der Waals surface area contributed by atoms with Crippen LogP contribution in [0.2, 0.25) is 0 Å². The molecule has 1 aromatic heterocycles. The van der Waals surface area contributed by atoms with Gasteiger partial charge in [0.1, 0.15) is 5.75 Å². The third-order valence-corrected chi connectivity index (χ3v) is 2.98. The Kier molecular flexibility index (Phi) is 4.92. The number of hydrogen-bond donors (Lipinski definition) is 1. The van der Waals surface area contributed by atoms with Crippen LogP contribution in [-0.4, -0.2) is 35.9 Å². The van der Waals surface area contributed by atoms with E-state index in [-0.39, 0.29) is 0 Å². The maximum absolute atomic E-state index is 10.4. The van der Waals surface area contributed by atoms with Gasteiger partial charge in [0.2, 0.25) is 0 Å². The van der Waals surface area contributed by atoms with Gasteiger partial charge in [-0.15, -0.1) is 0 Å². The maximum atomic E-state index is 10.4. The highest BCUT2D eigenvalue weighted by molar-refractivity contribution is 5.84. The SMILES string of the molecule is O=C(O)C=Cc1ccc(OCC2CCOCC2)cn1. The number of hydrogen-bond acceptors (Lipinski definition) is 4. The van der Waals surface area contributed by atoms with E-state index in [0.717, 1.165) is 32.1 Å². The minimum absolute atomic E-state index is 0.542. The number of aliphatic carboxylic acids is 1. The van der Waals surface area contributed by atoms with E-state index in [9.17, 15) is 4.79 Å². The number of carboxylic acids is 1. The van der Waals surface area contributed by atoms with Gasteiger partial charge in [-0.25, -0.2) is 4.79 Å². The van der Waals surface area contributed by atoms with Crippen molar-refractivity contribution < 1.29 is 19.4 Å². The van der Waals surface area contributed by atoms with Gasteiger partial charge in [0.05, 0.1) is 18.5 Å². The Morgan fingerprint density at radius 1 is 1.47 bits per heavy atom. The highest BCUT2D eigenvalue weighted by Gasteiger charge is 2.14. The van der Waals surface area contributed by atoms with E-state index < -0.39 is 5.97 Å². The van der Waals surface area contributed by atoms with Crippen LogP contribution in [0.5, 0.6) is 5.75 Å². The van der Waals surface area contributed by atoms with Crippen molar-refractivity contribution in [2.24, 2.45) is 5.92 Å². The zero-order valence-corrected chi connectivity index (χ0v) is 10.6. The quantitative estimate of drug-likeness (QED) is 0.823. The van der Waals surface area contributed by atoms with Gasteiger partial charge in [-0.1, -0.05) is 0 Å². The van der Waals surface area contributed by atoms with Gasteiger partial charge >= 0.3 is 5.97 Å². The molecule has 5 heteroatoms. The summed E-state index contributed by atoms with van der Waals surface area (Å²) >= 11 is 0. The summed E-state index contributed by atoms with van der Waals surface area (Å²) in [4.78, 5) is 14.5. The average Bonchev–Trinajstić information content (AvgIpc) is 2.45. The molecule has 5 nitrogen and oxygen atoms in total. The van der Waals surface area contributed by atoms with Crippen molar-refractivity contribution in [2.75, 3.05) is 19.8 Å². The second-order valence-electron chi connectivity index (χ2n) is 4.46. The molecule has 102 valence electrons. The maximum Gasteiger partial charge on any atom is 0.328 e. The summed E-state index contributed by atoms with van der Waals surface area (Å²) in [7, 11) is 0. The summed E-state index contributed by atoms with van der Waals surface area (Å²) in [5.74, 6) is 0.265. The van der Waals surface area contributed by atoms with Crippen molar-refractivity contribution >= 4 is 12.0 Å². The molecule has 0 aromatic carbocycles. The molecule has 0 radical (unpaired) electrons. The largest absolute Gasteiger partial charge is 0.492 e. The Balaban J connectivity index is 1.82. The number of ether oxygens (including phenoxy) is 2. The Bertz CT molecular complexity index is 435. The highest BCUT2D eigenvalue weighted by atomic mass is 16.5. The fourth-order valence-electron chi connectivity index (χ4n) is 1.86. The van der Waals surface area contributed by atoms with E-state index in [2.05, 4.69) is 4.98 Å². The van der Waals surface area contributed by atoms with Crippen LogP contribution < -0.4 is 4.74 Å². The minimum atomic E-state index is -0.985. The summed E-state index contributed by atoms with van der Waals surface area (Å²) in [6.07, 6.45) is 6.19. The first-order chi connectivity index (χ1) is 9.24. The van der Waals surface area contributed by atoms with Crippen molar-refractivity contribution in [3.8, 4) is 5.75 Å². The monoisotopic (exact) mass is 263 g/mol. The smallest absolute Gasteiger partial charge is 0.328 e. The van der Waals surface area contributed by atoms with Crippen LogP contribution in [0.3, 0.4) is 0 Å². The summed E-state index contributed by atoms with van der Waals surface area (Å²) < 4.78 is 11.0. The number of carboxylic acid groups (broad SMARTS) is 1. The second kappa shape index (κ2) is 6.89. The summed E-state index contributed by atoms with van der Waals surface area (Å²) in [6, 6.07) is 3.53. The van der Waals surface area contributed by atoms with Crippen LogP contribution in [0, 0.1) is 5.92 Å². The van der Waals surface area contributed by atoms with Crippen LogP contribution in [-0.2, 0) is 9.53 Å². The van der Waals surface area contributed by atoms with Gasteiger partial charge in [-0.3, -0.25) is 4.98 Å². The van der Waals surface area contributed by atoms with Gasteiger partial charge in [0.15, 0.2) is 0 Å². The third kappa shape index (κ3) is 4.71. The predicted octanol–water partition coefficient (Wildman–Crippen LogP) is 1.98.